The first-order valence-electron chi connectivity index (χ1n) is 6.28. The molecule has 22 heavy (non-hydrogen) atoms. The highest BCUT2D eigenvalue weighted by atomic mass is 127. The van der Waals surface area contributed by atoms with Crippen LogP contribution in [0, 0.1) is 3.57 Å². The van der Waals surface area contributed by atoms with E-state index in [0.717, 1.165) is 8.47 Å². The van der Waals surface area contributed by atoms with Crippen LogP contribution in [-0.2, 0) is 4.79 Å². The normalized spacial score (nSPS) is 10.1. The predicted molar refractivity (Wildman–Crippen MR) is 96.9 cm³/mol. The average molecular weight is 447 g/mol. The Bertz CT molecular complexity index is 662. The highest BCUT2D eigenvalue weighted by Gasteiger charge is 2.07. The molecule has 2 N–H and O–H groups in total. The summed E-state index contributed by atoms with van der Waals surface area (Å²) in [5, 5.41) is 0.651. The molecule has 0 aliphatic carbocycles. The highest BCUT2D eigenvalue weighted by molar-refractivity contribution is 14.1. The topological polar surface area (TPSA) is 58.2 Å². The van der Waals surface area contributed by atoms with Crippen LogP contribution in [0.2, 0.25) is 5.02 Å². The number of hydrogen-bond donors (Lipinski definition) is 2. The van der Waals surface area contributed by atoms with Gasteiger partial charge in [0.05, 0.1) is 5.75 Å². The molecule has 0 heterocycles. The Hall–Kier alpha value is -1.25. The van der Waals surface area contributed by atoms with Gasteiger partial charge in [0.1, 0.15) is 0 Å². The van der Waals surface area contributed by atoms with Crippen LogP contribution in [0.15, 0.2) is 53.4 Å². The number of amides is 2. The van der Waals surface area contributed by atoms with Crippen LogP contribution in [0.25, 0.3) is 0 Å². The van der Waals surface area contributed by atoms with Gasteiger partial charge in [-0.3, -0.25) is 20.4 Å². The Balaban J connectivity index is 1.76. The molecule has 0 bridgehead atoms. The molecular formula is C15H12ClIN2O2S. The van der Waals surface area contributed by atoms with E-state index in [9.17, 15) is 9.59 Å². The maximum Gasteiger partial charge on any atom is 0.269 e. The van der Waals surface area contributed by atoms with E-state index in [1.54, 1.807) is 24.3 Å². The summed E-state index contributed by atoms with van der Waals surface area (Å²) in [6, 6.07) is 14.3. The van der Waals surface area contributed by atoms with Crippen LogP contribution in [0.3, 0.4) is 0 Å². The molecule has 2 aromatic carbocycles. The molecule has 0 unspecified atom stereocenters. The van der Waals surface area contributed by atoms with Crippen molar-refractivity contribution in [2.45, 2.75) is 4.90 Å². The first kappa shape index (κ1) is 17.1. The van der Waals surface area contributed by atoms with Gasteiger partial charge in [-0.2, -0.15) is 0 Å². The molecule has 0 saturated heterocycles. The lowest BCUT2D eigenvalue weighted by Gasteiger charge is -2.07. The van der Waals surface area contributed by atoms with Gasteiger partial charge in [0.15, 0.2) is 0 Å². The first-order chi connectivity index (χ1) is 10.5. The molecule has 2 amide bonds. The number of halogens is 2. The zero-order valence-electron chi connectivity index (χ0n) is 11.3. The second kappa shape index (κ2) is 8.40. The third-order valence-corrected chi connectivity index (χ3v) is 4.59. The number of hydrazine groups is 1. The Morgan fingerprint density at radius 1 is 1.00 bits per heavy atom. The minimum Gasteiger partial charge on any atom is -0.272 e. The van der Waals surface area contributed by atoms with Crippen molar-refractivity contribution in [1.29, 1.82) is 0 Å². The van der Waals surface area contributed by atoms with Crippen molar-refractivity contribution in [3.8, 4) is 0 Å². The maximum absolute atomic E-state index is 11.8. The Morgan fingerprint density at radius 2 is 1.64 bits per heavy atom. The van der Waals surface area contributed by atoms with Gasteiger partial charge in [-0.1, -0.05) is 11.6 Å². The average Bonchev–Trinajstić information content (AvgIpc) is 2.52. The first-order valence-corrected chi connectivity index (χ1v) is 8.72. The number of thioether (sulfide) groups is 1. The highest BCUT2D eigenvalue weighted by Crippen LogP contribution is 2.19. The molecule has 7 heteroatoms. The van der Waals surface area contributed by atoms with E-state index in [1.807, 2.05) is 24.3 Å². The molecule has 0 fully saturated rings. The van der Waals surface area contributed by atoms with E-state index < -0.39 is 0 Å². The molecule has 114 valence electrons. The lowest BCUT2D eigenvalue weighted by molar-refractivity contribution is -0.119. The maximum atomic E-state index is 11.8. The van der Waals surface area contributed by atoms with Crippen molar-refractivity contribution >= 4 is 57.8 Å². The smallest absolute Gasteiger partial charge is 0.269 e. The van der Waals surface area contributed by atoms with Crippen LogP contribution in [-0.4, -0.2) is 17.6 Å². The van der Waals surface area contributed by atoms with E-state index in [1.165, 1.54) is 11.8 Å². The third-order valence-electron chi connectivity index (χ3n) is 2.61. The molecule has 0 spiro atoms. The van der Waals surface area contributed by atoms with Gasteiger partial charge in [-0.05, 0) is 71.1 Å². The van der Waals surface area contributed by atoms with E-state index in [2.05, 4.69) is 33.4 Å². The summed E-state index contributed by atoms with van der Waals surface area (Å²) in [7, 11) is 0. The van der Waals surface area contributed by atoms with Crippen LogP contribution < -0.4 is 10.9 Å². The molecule has 0 aliphatic rings. The zero-order chi connectivity index (χ0) is 15.9. The quantitative estimate of drug-likeness (QED) is 0.429. The van der Waals surface area contributed by atoms with Crippen molar-refractivity contribution in [2.24, 2.45) is 0 Å². The van der Waals surface area contributed by atoms with E-state index >= 15 is 0 Å². The molecule has 2 rings (SSSR count). The van der Waals surface area contributed by atoms with Crippen molar-refractivity contribution < 1.29 is 9.59 Å². The molecular weight excluding hydrogens is 435 g/mol. The summed E-state index contributed by atoms with van der Waals surface area (Å²) >= 11 is 9.31. The molecule has 0 atom stereocenters. The van der Waals surface area contributed by atoms with Gasteiger partial charge in [0, 0.05) is 19.1 Å². The number of rotatable bonds is 4. The van der Waals surface area contributed by atoms with Crippen molar-refractivity contribution in [2.75, 3.05) is 5.75 Å². The lowest BCUT2D eigenvalue weighted by Crippen LogP contribution is -2.42. The number of carbonyl (C=O) groups is 2. The standard InChI is InChI=1S/C15H12ClIN2O2S/c16-11-3-7-13(8-4-11)22-9-14(20)18-19-15(21)10-1-5-12(17)6-2-10/h1-8H,9H2,(H,18,20)(H,19,21). The third kappa shape index (κ3) is 5.51. The minimum atomic E-state index is -0.346. The van der Waals surface area contributed by atoms with Gasteiger partial charge < -0.3 is 0 Å². The van der Waals surface area contributed by atoms with Crippen LogP contribution >= 0.6 is 46.0 Å². The van der Waals surface area contributed by atoms with Crippen LogP contribution in [0.5, 0.6) is 0 Å². The number of nitrogens with one attached hydrogen (secondary N) is 2. The van der Waals surface area contributed by atoms with Gasteiger partial charge in [0.25, 0.3) is 5.91 Å². The van der Waals surface area contributed by atoms with Gasteiger partial charge in [0.2, 0.25) is 5.91 Å². The molecule has 0 saturated carbocycles. The van der Waals surface area contributed by atoms with Gasteiger partial charge in [-0.25, -0.2) is 0 Å². The summed E-state index contributed by atoms with van der Waals surface area (Å²) in [6.45, 7) is 0. The number of benzene rings is 2. The fourth-order valence-electron chi connectivity index (χ4n) is 1.52. The van der Waals surface area contributed by atoms with Crippen molar-refractivity contribution in [1.82, 2.24) is 10.9 Å². The Morgan fingerprint density at radius 3 is 2.27 bits per heavy atom. The lowest BCUT2D eigenvalue weighted by atomic mass is 10.2. The van der Waals surface area contributed by atoms with Gasteiger partial charge in [-0.15, -0.1) is 11.8 Å². The molecule has 2 aromatic rings. The molecule has 0 aliphatic heterocycles. The fraction of sp³-hybridized carbons (Fsp3) is 0.0667. The number of hydrogen-bond acceptors (Lipinski definition) is 3. The van der Waals surface area contributed by atoms with E-state index in [4.69, 9.17) is 11.6 Å². The summed E-state index contributed by atoms with van der Waals surface area (Å²) in [5.41, 5.74) is 5.27. The van der Waals surface area contributed by atoms with Crippen molar-refractivity contribution in [3.63, 3.8) is 0 Å². The summed E-state index contributed by atoms with van der Waals surface area (Å²) < 4.78 is 1.04. The second-order valence-electron chi connectivity index (χ2n) is 4.25. The zero-order valence-corrected chi connectivity index (χ0v) is 15.0. The second-order valence-corrected chi connectivity index (χ2v) is 6.98. The molecule has 4 nitrogen and oxygen atoms in total. The van der Waals surface area contributed by atoms with E-state index in [0.29, 0.717) is 10.6 Å². The minimum absolute atomic E-state index is 0.203. The fourth-order valence-corrected chi connectivity index (χ4v) is 2.70. The molecule has 0 aromatic heterocycles. The largest absolute Gasteiger partial charge is 0.272 e. The van der Waals surface area contributed by atoms with E-state index in [-0.39, 0.29) is 17.6 Å². The van der Waals surface area contributed by atoms with Gasteiger partial charge >= 0.3 is 0 Å². The predicted octanol–water partition coefficient (Wildman–Crippen LogP) is 3.50. The summed E-state index contributed by atoms with van der Waals surface area (Å²) in [4.78, 5) is 24.5. The monoisotopic (exact) mass is 446 g/mol. The Labute approximate surface area is 151 Å². The summed E-state index contributed by atoms with van der Waals surface area (Å²) in [6.07, 6.45) is 0. The van der Waals surface area contributed by atoms with Crippen molar-refractivity contribution in [3.05, 3.63) is 62.7 Å². The number of carbonyl (C=O) groups excluding carboxylic acids is 2. The van der Waals surface area contributed by atoms with Crippen LogP contribution in [0.1, 0.15) is 10.4 Å². The van der Waals surface area contributed by atoms with Crippen LogP contribution in [0.4, 0.5) is 0 Å². The summed E-state index contributed by atoms with van der Waals surface area (Å²) in [5.74, 6) is -0.422. The molecule has 0 radical (unpaired) electrons. The SMILES string of the molecule is O=C(CSc1ccc(Cl)cc1)NNC(=O)c1ccc(I)cc1. The Kier molecular flexibility index (Phi) is 6.53.